The molecule has 0 radical (unpaired) electrons. The fraction of sp³-hybridized carbons (Fsp3) is 0.370. The Morgan fingerprint density at radius 1 is 0.821 bits per heavy atom. The summed E-state index contributed by atoms with van der Waals surface area (Å²) < 4.78 is 0. The number of nitrogens with zero attached hydrogens (tertiary/aromatic N) is 1. The number of nitrogens with two attached hydrogens (primary N) is 5. The Kier molecular flexibility index (Phi) is 12.4. The van der Waals surface area contributed by atoms with Gasteiger partial charge in [-0.15, -0.1) is 0 Å². The molecular formula is C27H39N9O3. The highest BCUT2D eigenvalue weighted by atomic mass is 16.2. The van der Waals surface area contributed by atoms with Gasteiger partial charge in [0, 0.05) is 12.1 Å². The molecule has 0 fully saturated rings. The molecule has 0 spiro atoms. The Hall–Kier alpha value is -4.45. The highest BCUT2D eigenvalue weighted by Crippen LogP contribution is 2.22. The molecule has 39 heavy (non-hydrogen) atoms. The zero-order valence-electron chi connectivity index (χ0n) is 21.9. The van der Waals surface area contributed by atoms with Crippen molar-refractivity contribution in [1.29, 1.82) is 5.41 Å². The lowest BCUT2D eigenvalue weighted by Crippen LogP contribution is -2.53. The number of rotatable bonds is 16. The van der Waals surface area contributed by atoms with Crippen molar-refractivity contribution in [2.45, 2.75) is 50.1 Å². The van der Waals surface area contributed by atoms with Crippen LogP contribution in [-0.4, -0.2) is 54.7 Å². The number of primary amides is 1. The number of amidine groups is 1. The first-order valence-corrected chi connectivity index (χ1v) is 12.8. The molecule has 3 amide bonds. The van der Waals surface area contributed by atoms with Crippen LogP contribution in [0.3, 0.4) is 0 Å². The molecular weight excluding hydrogens is 498 g/mol. The van der Waals surface area contributed by atoms with E-state index in [1.54, 1.807) is 12.1 Å². The Morgan fingerprint density at radius 2 is 1.44 bits per heavy atom. The van der Waals surface area contributed by atoms with Crippen molar-refractivity contribution in [2.75, 3.05) is 13.1 Å². The van der Waals surface area contributed by atoms with E-state index in [1.165, 1.54) is 0 Å². The number of hydrogen-bond donors (Lipinski definition) is 8. The summed E-state index contributed by atoms with van der Waals surface area (Å²) >= 11 is 0. The van der Waals surface area contributed by atoms with E-state index in [0.717, 1.165) is 11.1 Å². The molecule has 13 N–H and O–H groups in total. The van der Waals surface area contributed by atoms with E-state index in [1.807, 2.05) is 42.5 Å². The molecule has 2 rings (SSSR count). The molecule has 12 heteroatoms. The van der Waals surface area contributed by atoms with Crippen LogP contribution in [0.15, 0.2) is 59.6 Å². The Labute approximate surface area is 228 Å². The summed E-state index contributed by atoms with van der Waals surface area (Å²) in [6, 6.07) is 14.5. The van der Waals surface area contributed by atoms with Crippen LogP contribution in [0.2, 0.25) is 0 Å². The molecule has 0 aliphatic heterocycles. The molecule has 210 valence electrons. The number of hydrogen-bond acceptors (Lipinski definition) is 6. The predicted octanol–water partition coefficient (Wildman–Crippen LogP) is -0.456. The van der Waals surface area contributed by atoms with Gasteiger partial charge in [0.15, 0.2) is 5.96 Å². The second-order valence-electron chi connectivity index (χ2n) is 9.18. The zero-order valence-corrected chi connectivity index (χ0v) is 21.9. The van der Waals surface area contributed by atoms with Crippen molar-refractivity contribution in [3.63, 3.8) is 0 Å². The molecule has 0 heterocycles. The molecule has 1 unspecified atom stereocenters. The summed E-state index contributed by atoms with van der Waals surface area (Å²) in [4.78, 5) is 42.6. The van der Waals surface area contributed by atoms with E-state index in [9.17, 15) is 14.4 Å². The number of carbonyl (C=O) groups is 3. The molecule has 2 aromatic rings. The minimum Gasteiger partial charge on any atom is -0.384 e. The average molecular weight is 538 g/mol. The van der Waals surface area contributed by atoms with Crippen LogP contribution in [0.25, 0.3) is 0 Å². The van der Waals surface area contributed by atoms with Gasteiger partial charge in [-0.05, 0) is 49.8 Å². The lowest BCUT2D eigenvalue weighted by molar-refractivity contribution is -0.132. The Bertz CT molecular complexity index is 1130. The predicted molar refractivity (Wildman–Crippen MR) is 152 cm³/mol. The van der Waals surface area contributed by atoms with Crippen LogP contribution in [0.5, 0.6) is 0 Å². The zero-order chi connectivity index (χ0) is 28.8. The topological polar surface area (TPSA) is 242 Å². The number of guanidine groups is 1. The monoisotopic (exact) mass is 537 g/mol. The number of aliphatic imine (C=N–C) groups is 1. The van der Waals surface area contributed by atoms with Gasteiger partial charge < -0.3 is 39.3 Å². The van der Waals surface area contributed by atoms with Gasteiger partial charge in [-0.2, -0.15) is 0 Å². The van der Waals surface area contributed by atoms with Gasteiger partial charge in [0.05, 0.1) is 5.92 Å². The molecule has 0 saturated carbocycles. The van der Waals surface area contributed by atoms with E-state index in [4.69, 9.17) is 34.1 Å². The molecule has 0 aromatic heterocycles. The molecule has 0 aliphatic rings. The lowest BCUT2D eigenvalue weighted by atomic mass is 9.90. The summed E-state index contributed by atoms with van der Waals surface area (Å²) in [7, 11) is 0. The summed E-state index contributed by atoms with van der Waals surface area (Å²) in [5, 5.41) is 13.1. The number of benzene rings is 2. The van der Waals surface area contributed by atoms with E-state index < -0.39 is 29.8 Å². The maximum absolute atomic E-state index is 13.6. The van der Waals surface area contributed by atoms with Crippen LogP contribution < -0.4 is 39.3 Å². The normalized spacial score (nSPS) is 12.9. The average Bonchev–Trinajstić information content (AvgIpc) is 2.91. The van der Waals surface area contributed by atoms with Crippen LogP contribution in [0.4, 0.5) is 0 Å². The van der Waals surface area contributed by atoms with Gasteiger partial charge in [-0.1, -0.05) is 54.6 Å². The Balaban J connectivity index is 2.20. The molecule has 2 aromatic carbocycles. The SMILES string of the molecule is N=C(N)c1ccc(C[C@H](C(=O)N[C@@H](CCCN)C(=O)NC(CCCN=C(N)N)C(N)=O)c2ccccc2)cc1. The van der Waals surface area contributed by atoms with Crippen LogP contribution in [0, 0.1) is 5.41 Å². The van der Waals surface area contributed by atoms with Crippen molar-refractivity contribution in [3.8, 4) is 0 Å². The van der Waals surface area contributed by atoms with Crippen molar-refractivity contribution in [3.05, 3.63) is 71.3 Å². The third-order valence-corrected chi connectivity index (χ3v) is 6.16. The second kappa shape index (κ2) is 15.7. The van der Waals surface area contributed by atoms with Gasteiger partial charge in [-0.3, -0.25) is 24.8 Å². The lowest BCUT2D eigenvalue weighted by Gasteiger charge is -2.24. The van der Waals surface area contributed by atoms with E-state index in [-0.39, 0.29) is 37.1 Å². The third-order valence-electron chi connectivity index (χ3n) is 6.16. The summed E-state index contributed by atoms with van der Waals surface area (Å²) in [5.74, 6) is -2.29. The highest BCUT2D eigenvalue weighted by molar-refractivity contribution is 5.95. The van der Waals surface area contributed by atoms with Gasteiger partial charge in [0.1, 0.15) is 17.9 Å². The van der Waals surface area contributed by atoms with Gasteiger partial charge in [0.2, 0.25) is 17.7 Å². The first-order valence-electron chi connectivity index (χ1n) is 12.8. The van der Waals surface area contributed by atoms with Crippen molar-refractivity contribution >= 4 is 29.5 Å². The summed E-state index contributed by atoms with van der Waals surface area (Å²) in [5.41, 5.74) is 29.6. The largest absolute Gasteiger partial charge is 0.384 e. The first kappa shape index (κ1) is 30.8. The number of amides is 3. The first-order chi connectivity index (χ1) is 18.6. The minimum atomic E-state index is -0.950. The van der Waals surface area contributed by atoms with Gasteiger partial charge in [0.25, 0.3) is 0 Å². The van der Waals surface area contributed by atoms with Gasteiger partial charge in [-0.25, -0.2) is 0 Å². The second-order valence-corrected chi connectivity index (χ2v) is 9.18. The van der Waals surface area contributed by atoms with E-state index >= 15 is 0 Å². The van der Waals surface area contributed by atoms with E-state index in [2.05, 4.69) is 15.6 Å². The fourth-order valence-corrected chi connectivity index (χ4v) is 4.03. The smallest absolute Gasteiger partial charge is 0.243 e. The van der Waals surface area contributed by atoms with Gasteiger partial charge >= 0.3 is 0 Å². The van der Waals surface area contributed by atoms with Crippen LogP contribution in [-0.2, 0) is 20.8 Å². The molecule has 3 atom stereocenters. The van der Waals surface area contributed by atoms with Crippen LogP contribution in [0.1, 0.15) is 48.3 Å². The maximum Gasteiger partial charge on any atom is 0.243 e. The number of nitrogens with one attached hydrogen (secondary N) is 3. The minimum absolute atomic E-state index is 0.0434. The molecule has 0 saturated heterocycles. The quantitative estimate of drug-likeness (QED) is 0.0795. The van der Waals surface area contributed by atoms with Crippen molar-refractivity contribution < 1.29 is 14.4 Å². The standard InChI is InChI=1S/C27H39N9O3/c28-14-4-8-22(26(39)35-21(24(31)37)9-5-15-34-27(32)33)36-25(38)20(18-6-2-1-3-7-18)16-17-10-12-19(13-11-17)23(29)30/h1-3,6-7,10-13,20-22H,4-5,8-9,14-16,28H2,(H3,29,30)(H2,31,37)(H,35,39)(H,36,38)(H4,32,33,34)/t20-,21?,22-/m0/s1. The van der Waals surface area contributed by atoms with Crippen LogP contribution >= 0.6 is 0 Å². The molecule has 0 bridgehead atoms. The molecule has 0 aliphatic carbocycles. The Morgan fingerprint density at radius 3 is 2.00 bits per heavy atom. The van der Waals surface area contributed by atoms with E-state index in [0.29, 0.717) is 31.4 Å². The van der Waals surface area contributed by atoms with Crippen molar-refractivity contribution in [2.24, 2.45) is 33.7 Å². The van der Waals surface area contributed by atoms with Crippen molar-refractivity contribution in [1.82, 2.24) is 10.6 Å². The maximum atomic E-state index is 13.6. The summed E-state index contributed by atoms with van der Waals surface area (Å²) in [6.45, 7) is 0.601. The molecule has 12 nitrogen and oxygen atoms in total. The fourth-order valence-electron chi connectivity index (χ4n) is 4.03. The number of nitrogen functional groups attached to an aromatic ring is 1. The number of carbonyl (C=O) groups excluding carboxylic acids is 3. The summed E-state index contributed by atoms with van der Waals surface area (Å²) in [6.07, 6.45) is 1.77. The third kappa shape index (κ3) is 10.4. The highest BCUT2D eigenvalue weighted by Gasteiger charge is 2.29.